The van der Waals surface area contributed by atoms with Crippen LogP contribution < -0.4 is 10.6 Å². The molecule has 0 bridgehead atoms. The minimum Gasteiger partial charge on any atom is -0.323 e. The molecule has 20 heavy (non-hydrogen) atoms. The molecule has 7 heteroatoms. The van der Waals surface area contributed by atoms with Crippen molar-refractivity contribution in [3.63, 3.8) is 0 Å². The van der Waals surface area contributed by atoms with Crippen LogP contribution in [0.2, 0.25) is 0 Å². The van der Waals surface area contributed by atoms with Crippen molar-refractivity contribution >= 4 is 24.0 Å². The summed E-state index contributed by atoms with van der Waals surface area (Å²) in [5, 5.41) is 5.52. The van der Waals surface area contributed by atoms with Crippen LogP contribution in [0.5, 0.6) is 0 Å². The van der Waals surface area contributed by atoms with E-state index in [-0.39, 0.29) is 36.0 Å². The van der Waals surface area contributed by atoms with E-state index in [2.05, 4.69) is 10.6 Å². The zero-order valence-corrected chi connectivity index (χ0v) is 11.7. The Balaban J connectivity index is 0.00000200. The predicted octanol–water partition coefficient (Wildman–Crippen LogP) is 2.85. The van der Waals surface area contributed by atoms with Gasteiger partial charge in [-0.05, 0) is 26.3 Å². The molecule has 0 saturated carbocycles. The minimum absolute atomic E-state index is 0. The molecule has 0 radical (unpaired) electrons. The summed E-state index contributed by atoms with van der Waals surface area (Å²) in [7, 11) is 0. The number of anilines is 1. The number of halogens is 4. The molecule has 1 saturated heterocycles. The van der Waals surface area contributed by atoms with E-state index in [0.717, 1.165) is 0 Å². The van der Waals surface area contributed by atoms with Crippen molar-refractivity contribution in [3.05, 3.63) is 29.6 Å². The van der Waals surface area contributed by atoms with Crippen molar-refractivity contribution in [1.82, 2.24) is 5.32 Å². The summed E-state index contributed by atoms with van der Waals surface area (Å²) < 4.78 is 39.2. The quantitative estimate of drug-likeness (QED) is 0.825. The maximum absolute atomic E-state index is 13.4. The third-order valence-electron chi connectivity index (χ3n) is 3.26. The first-order valence-corrected chi connectivity index (χ1v) is 6.16. The molecule has 2 atom stereocenters. The van der Waals surface area contributed by atoms with Crippen LogP contribution in [-0.4, -0.2) is 18.5 Å². The van der Waals surface area contributed by atoms with E-state index in [1.807, 2.05) is 6.92 Å². The Bertz CT molecular complexity index is 499. The normalized spacial score (nSPS) is 22.0. The monoisotopic (exact) mass is 308 g/mol. The number of carbonyl (C=O) groups is 1. The molecule has 1 aliphatic rings. The fraction of sp³-hybridized carbons (Fsp3) is 0.462. The van der Waals surface area contributed by atoms with Gasteiger partial charge in [0, 0.05) is 24.1 Å². The molecule has 0 aromatic heterocycles. The number of carbonyl (C=O) groups excluding carboxylic acids is 1. The van der Waals surface area contributed by atoms with Crippen LogP contribution >= 0.6 is 12.4 Å². The van der Waals surface area contributed by atoms with Gasteiger partial charge in [0.1, 0.15) is 5.82 Å². The van der Waals surface area contributed by atoms with Gasteiger partial charge in [-0.1, -0.05) is 0 Å². The summed E-state index contributed by atoms with van der Waals surface area (Å²) in [4.78, 5) is 11.9. The van der Waals surface area contributed by atoms with Crippen LogP contribution in [0.25, 0.3) is 0 Å². The highest BCUT2D eigenvalue weighted by molar-refractivity contribution is 5.92. The zero-order chi connectivity index (χ0) is 14.0. The Hall–Kier alpha value is -1.27. The fourth-order valence-corrected chi connectivity index (χ4v) is 2.22. The summed E-state index contributed by atoms with van der Waals surface area (Å²) >= 11 is 0. The Morgan fingerprint density at radius 1 is 1.25 bits per heavy atom. The molecule has 1 aliphatic heterocycles. The molecule has 1 fully saturated rings. The number of benzene rings is 1. The first-order chi connectivity index (χ1) is 8.97. The summed E-state index contributed by atoms with van der Waals surface area (Å²) in [6.45, 7) is 2.66. The number of hydrogen-bond donors (Lipinski definition) is 2. The SMILES string of the molecule is C[C@H]1C[C@@H](C(=O)Nc2cc(F)c(F)cc2F)CCN1.Cl. The smallest absolute Gasteiger partial charge is 0.227 e. The standard InChI is InChI=1S/C13H15F3N2O.ClH/c1-7-4-8(2-3-17-7)13(19)18-12-6-10(15)9(14)5-11(12)16;/h5-8,17H,2-4H2,1H3,(H,18,19);1H/t7-,8-;/m0./s1. The van der Waals surface area contributed by atoms with Crippen LogP contribution in [0.4, 0.5) is 18.9 Å². The Morgan fingerprint density at radius 3 is 2.55 bits per heavy atom. The van der Waals surface area contributed by atoms with Crippen LogP contribution in [0, 0.1) is 23.4 Å². The summed E-state index contributed by atoms with van der Waals surface area (Å²) in [5.74, 6) is -4.04. The lowest BCUT2D eigenvalue weighted by molar-refractivity contribution is -0.120. The number of rotatable bonds is 2. The molecule has 1 aromatic carbocycles. The van der Waals surface area contributed by atoms with Gasteiger partial charge in [-0.3, -0.25) is 4.79 Å². The van der Waals surface area contributed by atoms with E-state index in [1.54, 1.807) is 0 Å². The van der Waals surface area contributed by atoms with E-state index in [0.29, 0.717) is 31.5 Å². The molecule has 2 N–H and O–H groups in total. The van der Waals surface area contributed by atoms with Crippen LogP contribution in [0.15, 0.2) is 12.1 Å². The average Bonchev–Trinajstić information content (AvgIpc) is 2.36. The lowest BCUT2D eigenvalue weighted by Crippen LogP contribution is -2.40. The van der Waals surface area contributed by atoms with Crippen molar-refractivity contribution in [2.45, 2.75) is 25.8 Å². The molecule has 1 heterocycles. The predicted molar refractivity (Wildman–Crippen MR) is 72.4 cm³/mol. The van der Waals surface area contributed by atoms with Crippen LogP contribution in [0.3, 0.4) is 0 Å². The molecule has 0 aliphatic carbocycles. The van der Waals surface area contributed by atoms with Crippen molar-refractivity contribution < 1.29 is 18.0 Å². The Labute approximate surface area is 121 Å². The van der Waals surface area contributed by atoms with E-state index >= 15 is 0 Å². The Morgan fingerprint density at radius 2 is 1.90 bits per heavy atom. The number of hydrogen-bond acceptors (Lipinski definition) is 2. The average molecular weight is 309 g/mol. The zero-order valence-electron chi connectivity index (χ0n) is 10.9. The van der Waals surface area contributed by atoms with Gasteiger partial charge < -0.3 is 10.6 Å². The molecule has 0 unspecified atom stereocenters. The third-order valence-corrected chi connectivity index (χ3v) is 3.26. The van der Waals surface area contributed by atoms with Crippen LogP contribution in [0.1, 0.15) is 19.8 Å². The topological polar surface area (TPSA) is 41.1 Å². The molecular formula is C13H16ClF3N2O. The van der Waals surface area contributed by atoms with Crippen molar-refractivity contribution in [1.29, 1.82) is 0 Å². The van der Waals surface area contributed by atoms with Gasteiger partial charge in [-0.2, -0.15) is 0 Å². The van der Waals surface area contributed by atoms with Crippen LogP contribution in [-0.2, 0) is 4.79 Å². The maximum atomic E-state index is 13.4. The van der Waals surface area contributed by atoms with Crippen molar-refractivity contribution in [3.8, 4) is 0 Å². The molecule has 2 rings (SSSR count). The minimum atomic E-state index is -1.27. The summed E-state index contributed by atoms with van der Waals surface area (Å²) in [6, 6.07) is 1.29. The number of amides is 1. The van der Waals surface area contributed by atoms with Gasteiger partial charge in [0.2, 0.25) is 5.91 Å². The molecule has 1 aromatic rings. The van der Waals surface area contributed by atoms with Crippen molar-refractivity contribution in [2.24, 2.45) is 5.92 Å². The van der Waals surface area contributed by atoms with Gasteiger partial charge in [-0.15, -0.1) is 12.4 Å². The largest absolute Gasteiger partial charge is 0.323 e. The van der Waals surface area contributed by atoms with E-state index in [4.69, 9.17) is 0 Å². The molecule has 0 spiro atoms. The van der Waals surface area contributed by atoms with Gasteiger partial charge in [-0.25, -0.2) is 13.2 Å². The highest BCUT2D eigenvalue weighted by Gasteiger charge is 2.25. The van der Waals surface area contributed by atoms with Gasteiger partial charge >= 0.3 is 0 Å². The highest BCUT2D eigenvalue weighted by atomic mass is 35.5. The van der Waals surface area contributed by atoms with E-state index < -0.39 is 17.5 Å². The summed E-state index contributed by atoms with van der Waals surface area (Å²) in [6.07, 6.45) is 1.28. The first-order valence-electron chi connectivity index (χ1n) is 6.16. The molecular weight excluding hydrogens is 293 g/mol. The molecule has 1 amide bonds. The van der Waals surface area contributed by atoms with E-state index in [9.17, 15) is 18.0 Å². The second-order valence-electron chi connectivity index (χ2n) is 4.81. The lowest BCUT2D eigenvalue weighted by atomic mass is 9.92. The number of nitrogens with one attached hydrogen (secondary N) is 2. The van der Waals surface area contributed by atoms with Gasteiger partial charge in [0.25, 0.3) is 0 Å². The second-order valence-corrected chi connectivity index (χ2v) is 4.81. The fourth-order valence-electron chi connectivity index (χ4n) is 2.22. The highest BCUT2D eigenvalue weighted by Crippen LogP contribution is 2.22. The summed E-state index contributed by atoms with van der Waals surface area (Å²) in [5.41, 5.74) is -0.324. The molecule has 112 valence electrons. The molecule has 3 nitrogen and oxygen atoms in total. The lowest BCUT2D eigenvalue weighted by Gasteiger charge is -2.27. The number of piperidine rings is 1. The van der Waals surface area contributed by atoms with Crippen molar-refractivity contribution in [2.75, 3.05) is 11.9 Å². The third kappa shape index (κ3) is 3.86. The van der Waals surface area contributed by atoms with Gasteiger partial charge in [0.05, 0.1) is 5.69 Å². The second kappa shape index (κ2) is 6.95. The van der Waals surface area contributed by atoms with E-state index in [1.165, 1.54) is 0 Å². The maximum Gasteiger partial charge on any atom is 0.227 e. The first kappa shape index (κ1) is 16.8. The Kier molecular flexibility index (Phi) is 5.83. The van der Waals surface area contributed by atoms with Gasteiger partial charge in [0.15, 0.2) is 11.6 Å².